The van der Waals surface area contributed by atoms with Gasteiger partial charge < -0.3 is 4.74 Å². The average molecular weight is 161 g/mol. The molecule has 0 N–H and O–H groups in total. The van der Waals surface area contributed by atoms with Crippen molar-refractivity contribution >= 4 is 6.09 Å². The number of methoxy groups -OCH3 is 1. The Balaban J connectivity index is 4.29. The molecule has 0 radical (unpaired) electrons. The third kappa shape index (κ3) is 2.76. The second kappa shape index (κ2) is 3.57. The normalized spacial score (nSPS) is 11.0. The van der Waals surface area contributed by atoms with Crippen molar-refractivity contribution in [2.75, 3.05) is 14.2 Å². The third-order valence-corrected chi connectivity index (χ3v) is 1.13. The predicted molar refractivity (Wildman–Crippen MR) is 41.0 cm³/mol. The fraction of sp³-hybridized carbons (Fsp3) is 0.857. The minimum atomic E-state index is -0.486. The minimum Gasteiger partial charge on any atom is -0.451 e. The Morgan fingerprint density at radius 3 is 1.82 bits per heavy atom. The van der Waals surface area contributed by atoms with Crippen molar-refractivity contribution in [1.82, 2.24) is 5.06 Å². The quantitative estimate of drug-likeness (QED) is 0.546. The molecule has 0 aromatic rings. The zero-order valence-corrected chi connectivity index (χ0v) is 7.67. The molecular weight excluding hydrogens is 146 g/mol. The number of carbonyl (C=O) groups excluding carboxylic acids is 1. The molecule has 0 unspecified atom stereocenters. The summed E-state index contributed by atoms with van der Waals surface area (Å²) in [5.41, 5.74) is -0.373. The first-order valence-corrected chi connectivity index (χ1v) is 3.35. The van der Waals surface area contributed by atoms with Crippen molar-refractivity contribution in [3.05, 3.63) is 0 Å². The summed E-state index contributed by atoms with van der Waals surface area (Å²) in [7, 11) is 2.75. The SMILES string of the molecule is COC(=O)N(OC)C(C)(C)C. The standard InChI is InChI=1S/C7H15NO3/c1-7(2,3)8(11-5)6(9)10-4/h1-5H3. The van der Waals surface area contributed by atoms with Crippen LogP contribution in [0.15, 0.2) is 0 Å². The van der Waals surface area contributed by atoms with Crippen molar-refractivity contribution in [1.29, 1.82) is 0 Å². The first kappa shape index (κ1) is 10.2. The number of carbonyl (C=O) groups is 1. The van der Waals surface area contributed by atoms with Crippen LogP contribution in [0.3, 0.4) is 0 Å². The predicted octanol–water partition coefficient (Wildman–Crippen LogP) is 1.41. The van der Waals surface area contributed by atoms with Crippen LogP contribution in [0.4, 0.5) is 4.79 Å². The van der Waals surface area contributed by atoms with Gasteiger partial charge in [0.05, 0.1) is 19.8 Å². The van der Waals surface area contributed by atoms with E-state index in [4.69, 9.17) is 4.84 Å². The second-order valence-electron chi connectivity index (χ2n) is 3.12. The molecule has 0 fully saturated rings. The van der Waals surface area contributed by atoms with Crippen molar-refractivity contribution < 1.29 is 14.4 Å². The molecule has 0 rings (SSSR count). The van der Waals surface area contributed by atoms with Crippen LogP contribution in [-0.2, 0) is 9.57 Å². The van der Waals surface area contributed by atoms with Crippen LogP contribution in [0.2, 0.25) is 0 Å². The van der Waals surface area contributed by atoms with Gasteiger partial charge in [0.25, 0.3) is 0 Å². The summed E-state index contributed by atoms with van der Waals surface area (Å²) in [5, 5.41) is 1.17. The molecule has 0 aliphatic heterocycles. The van der Waals surface area contributed by atoms with E-state index >= 15 is 0 Å². The lowest BCUT2D eigenvalue weighted by molar-refractivity contribution is -0.157. The molecule has 0 saturated heterocycles. The van der Waals surface area contributed by atoms with E-state index < -0.39 is 6.09 Å². The van der Waals surface area contributed by atoms with E-state index in [-0.39, 0.29) is 5.54 Å². The molecule has 1 amide bonds. The molecule has 0 spiro atoms. The molecular formula is C7H15NO3. The summed E-state index contributed by atoms with van der Waals surface area (Å²) < 4.78 is 4.49. The molecule has 0 aromatic carbocycles. The van der Waals surface area contributed by atoms with Gasteiger partial charge in [0.2, 0.25) is 0 Å². The zero-order valence-electron chi connectivity index (χ0n) is 7.67. The maximum Gasteiger partial charge on any atom is 0.434 e. The molecule has 4 nitrogen and oxygen atoms in total. The van der Waals surface area contributed by atoms with Gasteiger partial charge in [-0.3, -0.25) is 4.84 Å². The van der Waals surface area contributed by atoms with Crippen LogP contribution in [0, 0.1) is 0 Å². The molecule has 0 saturated carbocycles. The monoisotopic (exact) mass is 161 g/mol. The van der Waals surface area contributed by atoms with Gasteiger partial charge in [0.15, 0.2) is 0 Å². The molecule has 4 heteroatoms. The van der Waals surface area contributed by atoms with E-state index in [1.54, 1.807) is 0 Å². The number of rotatable bonds is 1. The Hall–Kier alpha value is -0.770. The highest BCUT2D eigenvalue weighted by molar-refractivity contribution is 5.66. The fourth-order valence-corrected chi connectivity index (χ4v) is 0.705. The highest BCUT2D eigenvalue weighted by atomic mass is 16.7. The fourth-order valence-electron chi connectivity index (χ4n) is 0.705. The molecule has 0 aliphatic rings. The van der Waals surface area contributed by atoms with Gasteiger partial charge in [-0.25, -0.2) is 4.79 Å². The van der Waals surface area contributed by atoms with Crippen LogP contribution in [-0.4, -0.2) is 30.9 Å². The summed E-state index contributed by atoms with van der Waals surface area (Å²) in [6.45, 7) is 5.56. The largest absolute Gasteiger partial charge is 0.451 e. The number of ether oxygens (including phenoxy) is 1. The first-order valence-electron chi connectivity index (χ1n) is 3.35. The van der Waals surface area contributed by atoms with Gasteiger partial charge in [0.1, 0.15) is 0 Å². The number of hydroxylamine groups is 2. The lowest BCUT2D eigenvalue weighted by Gasteiger charge is -2.31. The van der Waals surface area contributed by atoms with Crippen LogP contribution < -0.4 is 0 Å². The van der Waals surface area contributed by atoms with Crippen LogP contribution in [0.5, 0.6) is 0 Å². The lowest BCUT2D eigenvalue weighted by atomic mass is 10.1. The van der Waals surface area contributed by atoms with E-state index in [0.717, 1.165) is 0 Å². The topological polar surface area (TPSA) is 38.8 Å². The molecule has 0 aliphatic carbocycles. The zero-order chi connectivity index (χ0) is 9.07. The van der Waals surface area contributed by atoms with Crippen molar-refractivity contribution in [3.63, 3.8) is 0 Å². The lowest BCUT2D eigenvalue weighted by Crippen LogP contribution is -2.44. The highest BCUT2D eigenvalue weighted by Gasteiger charge is 2.27. The van der Waals surface area contributed by atoms with Gasteiger partial charge in [-0.15, -0.1) is 0 Å². The van der Waals surface area contributed by atoms with Crippen molar-refractivity contribution in [2.24, 2.45) is 0 Å². The van der Waals surface area contributed by atoms with Gasteiger partial charge in [0, 0.05) is 0 Å². The summed E-state index contributed by atoms with van der Waals surface area (Å²) in [6, 6.07) is 0. The van der Waals surface area contributed by atoms with Crippen molar-refractivity contribution in [3.8, 4) is 0 Å². The molecule has 66 valence electrons. The Labute approximate surface area is 67.0 Å². The average Bonchev–Trinajstić information content (AvgIpc) is 1.86. The Bertz CT molecular complexity index is 139. The maximum atomic E-state index is 11.0. The molecule has 11 heavy (non-hydrogen) atoms. The second-order valence-corrected chi connectivity index (χ2v) is 3.12. The van der Waals surface area contributed by atoms with Crippen LogP contribution >= 0.6 is 0 Å². The molecule has 0 atom stereocenters. The van der Waals surface area contributed by atoms with Crippen LogP contribution in [0.1, 0.15) is 20.8 Å². The number of nitrogens with zero attached hydrogens (tertiary/aromatic N) is 1. The Morgan fingerprint density at radius 1 is 1.27 bits per heavy atom. The van der Waals surface area contributed by atoms with Gasteiger partial charge >= 0.3 is 6.09 Å². The molecule has 0 heterocycles. The smallest absolute Gasteiger partial charge is 0.434 e. The summed E-state index contributed by atoms with van der Waals surface area (Å²) in [5.74, 6) is 0. The minimum absolute atomic E-state index is 0.373. The van der Waals surface area contributed by atoms with E-state index in [9.17, 15) is 4.79 Å². The van der Waals surface area contributed by atoms with E-state index in [1.807, 2.05) is 20.8 Å². The molecule has 0 aromatic heterocycles. The van der Waals surface area contributed by atoms with Crippen molar-refractivity contribution in [2.45, 2.75) is 26.3 Å². The summed E-state index contributed by atoms with van der Waals surface area (Å²) >= 11 is 0. The number of hydrogen-bond donors (Lipinski definition) is 0. The first-order chi connectivity index (χ1) is 4.93. The summed E-state index contributed by atoms with van der Waals surface area (Å²) in [6.07, 6.45) is -0.486. The van der Waals surface area contributed by atoms with Gasteiger partial charge in [-0.2, -0.15) is 5.06 Å². The van der Waals surface area contributed by atoms with E-state index in [1.165, 1.54) is 19.3 Å². The summed E-state index contributed by atoms with van der Waals surface area (Å²) in [4.78, 5) is 15.8. The maximum absolute atomic E-state index is 11.0. The Kier molecular flexibility index (Phi) is 3.32. The van der Waals surface area contributed by atoms with Gasteiger partial charge in [-0.1, -0.05) is 0 Å². The molecule has 0 bridgehead atoms. The third-order valence-electron chi connectivity index (χ3n) is 1.13. The van der Waals surface area contributed by atoms with Gasteiger partial charge in [-0.05, 0) is 20.8 Å². The van der Waals surface area contributed by atoms with E-state index in [0.29, 0.717) is 0 Å². The number of hydrogen-bond acceptors (Lipinski definition) is 3. The highest BCUT2D eigenvalue weighted by Crippen LogP contribution is 2.13. The Morgan fingerprint density at radius 2 is 1.73 bits per heavy atom. The number of amides is 1. The van der Waals surface area contributed by atoms with E-state index in [2.05, 4.69) is 4.74 Å². The van der Waals surface area contributed by atoms with Crippen LogP contribution in [0.25, 0.3) is 0 Å².